The fraction of sp³-hybridized carbons (Fsp3) is 0.312. The van der Waals surface area contributed by atoms with Crippen LogP contribution in [0.15, 0.2) is 35.6 Å². The van der Waals surface area contributed by atoms with Crippen LogP contribution >= 0.6 is 23.4 Å². The Labute approximate surface area is 139 Å². The molecule has 0 N–H and O–H groups in total. The molecule has 1 aromatic carbocycles. The summed E-state index contributed by atoms with van der Waals surface area (Å²) < 4.78 is 0. The molecule has 0 radical (unpaired) electrons. The molecule has 1 aromatic heterocycles. The summed E-state index contributed by atoms with van der Waals surface area (Å²) in [5.41, 5.74) is 1.56. The Morgan fingerprint density at radius 3 is 2.55 bits per heavy atom. The van der Waals surface area contributed by atoms with E-state index in [1.54, 1.807) is 18.1 Å². The molecule has 116 valence electrons. The van der Waals surface area contributed by atoms with E-state index in [1.807, 2.05) is 44.4 Å². The zero-order valence-electron chi connectivity index (χ0n) is 13.0. The third-order valence-electron chi connectivity index (χ3n) is 3.24. The smallest absolute Gasteiger partial charge is 0.230 e. The SMILES string of the molecule is CSc1ncc(-c2ccccc2Cl)c(N(C)C(=O)C(C)C)n1. The van der Waals surface area contributed by atoms with Crippen LogP contribution in [0.5, 0.6) is 0 Å². The first kappa shape index (κ1) is 16.8. The number of rotatable bonds is 4. The molecular weight excluding hydrogens is 318 g/mol. The number of carbonyl (C=O) groups excluding carboxylic acids is 1. The fourth-order valence-corrected chi connectivity index (χ4v) is 2.65. The van der Waals surface area contributed by atoms with E-state index in [1.165, 1.54) is 11.8 Å². The van der Waals surface area contributed by atoms with Gasteiger partial charge in [0.25, 0.3) is 0 Å². The number of aromatic nitrogens is 2. The largest absolute Gasteiger partial charge is 0.299 e. The molecule has 2 rings (SSSR count). The molecule has 22 heavy (non-hydrogen) atoms. The maximum atomic E-state index is 12.3. The number of anilines is 1. The highest BCUT2D eigenvalue weighted by Crippen LogP contribution is 2.34. The first-order chi connectivity index (χ1) is 10.5. The quantitative estimate of drug-likeness (QED) is 0.622. The van der Waals surface area contributed by atoms with Crippen molar-refractivity contribution in [1.29, 1.82) is 0 Å². The first-order valence-electron chi connectivity index (χ1n) is 6.89. The molecule has 1 amide bonds. The van der Waals surface area contributed by atoms with Crippen molar-refractivity contribution in [1.82, 2.24) is 9.97 Å². The molecule has 0 atom stereocenters. The number of nitrogens with zero attached hydrogens (tertiary/aromatic N) is 3. The van der Waals surface area contributed by atoms with Crippen LogP contribution in [0.4, 0.5) is 5.82 Å². The second-order valence-electron chi connectivity index (χ2n) is 5.13. The number of amides is 1. The van der Waals surface area contributed by atoms with Gasteiger partial charge in [0.05, 0.1) is 0 Å². The van der Waals surface area contributed by atoms with Crippen molar-refractivity contribution in [3.05, 3.63) is 35.5 Å². The Morgan fingerprint density at radius 1 is 1.27 bits per heavy atom. The minimum absolute atomic E-state index is 0.000873. The highest BCUT2D eigenvalue weighted by Gasteiger charge is 2.21. The number of hydrogen-bond acceptors (Lipinski definition) is 4. The molecule has 0 aliphatic rings. The summed E-state index contributed by atoms with van der Waals surface area (Å²) in [5, 5.41) is 1.23. The molecule has 4 nitrogen and oxygen atoms in total. The predicted octanol–water partition coefficient (Wildman–Crippen LogP) is 4.14. The van der Waals surface area contributed by atoms with E-state index >= 15 is 0 Å². The van der Waals surface area contributed by atoms with Gasteiger partial charge in [-0.25, -0.2) is 9.97 Å². The van der Waals surface area contributed by atoms with Crippen molar-refractivity contribution in [3.8, 4) is 11.1 Å². The van der Waals surface area contributed by atoms with E-state index in [9.17, 15) is 4.79 Å². The first-order valence-corrected chi connectivity index (χ1v) is 8.49. The monoisotopic (exact) mass is 335 g/mol. The number of carbonyl (C=O) groups is 1. The van der Waals surface area contributed by atoms with Gasteiger partial charge in [-0.05, 0) is 12.3 Å². The van der Waals surface area contributed by atoms with Crippen molar-refractivity contribution >= 4 is 35.1 Å². The van der Waals surface area contributed by atoms with E-state index in [-0.39, 0.29) is 11.8 Å². The maximum Gasteiger partial charge on any atom is 0.230 e. The average molecular weight is 336 g/mol. The van der Waals surface area contributed by atoms with Gasteiger partial charge in [-0.2, -0.15) is 0 Å². The van der Waals surface area contributed by atoms with Crippen molar-refractivity contribution in [2.75, 3.05) is 18.2 Å². The van der Waals surface area contributed by atoms with Crippen molar-refractivity contribution < 1.29 is 4.79 Å². The summed E-state index contributed by atoms with van der Waals surface area (Å²) in [6.45, 7) is 3.73. The fourth-order valence-electron chi connectivity index (χ4n) is 2.07. The molecule has 0 aliphatic carbocycles. The zero-order chi connectivity index (χ0) is 16.3. The van der Waals surface area contributed by atoms with E-state index in [4.69, 9.17) is 11.6 Å². The van der Waals surface area contributed by atoms with Crippen molar-refractivity contribution in [3.63, 3.8) is 0 Å². The molecule has 0 bridgehead atoms. The average Bonchev–Trinajstić information content (AvgIpc) is 2.53. The molecule has 0 fully saturated rings. The molecule has 1 heterocycles. The molecule has 2 aromatic rings. The predicted molar refractivity (Wildman–Crippen MR) is 92.5 cm³/mol. The molecule has 0 unspecified atom stereocenters. The second kappa shape index (κ2) is 7.11. The Balaban J connectivity index is 2.60. The van der Waals surface area contributed by atoms with Gasteiger partial charge in [0.15, 0.2) is 5.16 Å². The number of benzene rings is 1. The topological polar surface area (TPSA) is 46.1 Å². The molecule has 0 spiro atoms. The standard InChI is InChI=1S/C16H18ClN3OS/c1-10(2)15(21)20(3)14-12(9-18-16(19-14)22-4)11-7-5-6-8-13(11)17/h5-10H,1-4H3. The van der Waals surface area contributed by atoms with E-state index < -0.39 is 0 Å². The van der Waals surface area contributed by atoms with Crippen LogP contribution in [0, 0.1) is 5.92 Å². The van der Waals surface area contributed by atoms with Gasteiger partial charge in [-0.3, -0.25) is 9.69 Å². The van der Waals surface area contributed by atoms with Crippen LogP contribution in [0.25, 0.3) is 11.1 Å². The number of halogens is 1. The summed E-state index contributed by atoms with van der Waals surface area (Å²) in [7, 11) is 1.73. The summed E-state index contributed by atoms with van der Waals surface area (Å²) in [6.07, 6.45) is 3.62. The Hall–Kier alpha value is -1.59. The van der Waals surface area contributed by atoms with Gasteiger partial charge >= 0.3 is 0 Å². The van der Waals surface area contributed by atoms with Gasteiger partial charge < -0.3 is 0 Å². The Bertz CT molecular complexity index is 691. The summed E-state index contributed by atoms with van der Waals surface area (Å²) >= 11 is 7.72. The van der Waals surface area contributed by atoms with Crippen LogP contribution in [-0.4, -0.2) is 29.2 Å². The van der Waals surface area contributed by atoms with Gasteiger partial charge in [0.2, 0.25) is 5.91 Å². The molecule has 0 saturated heterocycles. The van der Waals surface area contributed by atoms with E-state index in [0.29, 0.717) is 16.0 Å². The molecule has 0 saturated carbocycles. The lowest BCUT2D eigenvalue weighted by Gasteiger charge is -2.22. The number of thioether (sulfide) groups is 1. The Kier molecular flexibility index (Phi) is 5.42. The van der Waals surface area contributed by atoms with Gasteiger partial charge in [-0.15, -0.1) is 0 Å². The lowest BCUT2D eigenvalue weighted by atomic mass is 10.1. The van der Waals surface area contributed by atoms with Crippen LogP contribution < -0.4 is 4.90 Å². The molecule has 6 heteroatoms. The third kappa shape index (κ3) is 3.42. The van der Waals surface area contributed by atoms with Crippen LogP contribution in [0.2, 0.25) is 5.02 Å². The van der Waals surface area contributed by atoms with Gasteiger partial charge in [-0.1, -0.05) is 55.4 Å². The molecular formula is C16H18ClN3OS. The summed E-state index contributed by atoms with van der Waals surface area (Å²) in [5.74, 6) is 0.460. The zero-order valence-corrected chi connectivity index (χ0v) is 14.6. The highest BCUT2D eigenvalue weighted by molar-refractivity contribution is 7.98. The van der Waals surface area contributed by atoms with Crippen LogP contribution in [0.1, 0.15) is 13.8 Å². The van der Waals surface area contributed by atoms with E-state index in [2.05, 4.69) is 9.97 Å². The van der Waals surface area contributed by atoms with Crippen molar-refractivity contribution in [2.45, 2.75) is 19.0 Å². The second-order valence-corrected chi connectivity index (χ2v) is 6.31. The third-order valence-corrected chi connectivity index (χ3v) is 4.13. The number of hydrogen-bond donors (Lipinski definition) is 0. The lowest BCUT2D eigenvalue weighted by Crippen LogP contribution is -2.31. The highest BCUT2D eigenvalue weighted by atomic mass is 35.5. The van der Waals surface area contributed by atoms with Crippen molar-refractivity contribution in [2.24, 2.45) is 5.92 Å². The minimum atomic E-state index is -0.114. The van der Waals surface area contributed by atoms with Crippen LogP contribution in [-0.2, 0) is 4.79 Å². The normalized spacial score (nSPS) is 10.8. The van der Waals surface area contributed by atoms with E-state index in [0.717, 1.165) is 11.1 Å². The maximum absolute atomic E-state index is 12.3. The summed E-state index contributed by atoms with van der Waals surface area (Å²) in [6, 6.07) is 7.48. The lowest BCUT2D eigenvalue weighted by molar-refractivity contribution is -0.121. The van der Waals surface area contributed by atoms with Gasteiger partial charge in [0, 0.05) is 35.3 Å². The summed E-state index contributed by atoms with van der Waals surface area (Å²) in [4.78, 5) is 22.7. The minimum Gasteiger partial charge on any atom is -0.299 e. The van der Waals surface area contributed by atoms with Gasteiger partial charge in [0.1, 0.15) is 5.82 Å². The molecule has 0 aliphatic heterocycles. The Morgan fingerprint density at radius 2 is 1.95 bits per heavy atom. The van der Waals surface area contributed by atoms with Crippen LogP contribution in [0.3, 0.4) is 0 Å².